The number of morpholine rings is 1. The molecule has 1 atom stereocenters. The Labute approximate surface area is 174 Å². The Morgan fingerprint density at radius 2 is 2.18 bits per heavy atom. The zero-order valence-corrected chi connectivity index (χ0v) is 17.1. The number of aryl methyl sites for hydroxylation is 1. The van der Waals surface area contributed by atoms with Gasteiger partial charge in [0, 0.05) is 31.6 Å². The van der Waals surface area contributed by atoms with Crippen LogP contribution in [-0.2, 0) is 16.1 Å². The SMILES string of the molecule is Cc1cc(C2CN(CCC(=O)Cl)CCO2)ccc1OCc1c(F)cccc1Cl. The van der Waals surface area contributed by atoms with Crippen LogP contribution in [0.3, 0.4) is 0 Å². The molecule has 0 saturated carbocycles. The fourth-order valence-electron chi connectivity index (χ4n) is 3.21. The van der Waals surface area contributed by atoms with Crippen molar-refractivity contribution in [3.05, 3.63) is 63.9 Å². The average Bonchev–Trinajstić information content (AvgIpc) is 2.67. The van der Waals surface area contributed by atoms with Gasteiger partial charge in [-0.3, -0.25) is 9.69 Å². The van der Waals surface area contributed by atoms with Crippen molar-refractivity contribution in [2.45, 2.75) is 26.1 Å². The molecule has 28 heavy (non-hydrogen) atoms. The lowest BCUT2D eigenvalue weighted by Crippen LogP contribution is -2.39. The van der Waals surface area contributed by atoms with Gasteiger partial charge < -0.3 is 9.47 Å². The van der Waals surface area contributed by atoms with Gasteiger partial charge in [-0.15, -0.1) is 0 Å². The van der Waals surface area contributed by atoms with Crippen LogP contribution in [0, 0.1) is 12.7 Å². The van der Waals surface area contributed by atoms with Gasteiger partial charge in [0.15, 0.2) is 0 Å². The predicted octanol–water partition coefficient (Wildman–Crippen LogP) is 4.90. The molecule has 150 valence electrons. The van der Waals surface area contributed by atoms with Crippen LogP contribution >= 0.6 is 23.2 Å². The van der Waals surface area contributed by atoms with Crippen molar-refractivity contribution in [2.24, 2.45) is 0 Å². The molecule has 7 heteroatoms. The molecule has 4 nitrogen and oxygen atoms in total. The molecular weight excluding hydrogens is 404 g/mol. The molecule has 1 heterocycles. The van der Waals surface area contributed by atoms with E-state index < -0.39 is 0 Å². The van der Waals surface area contributed by atoms with Gasteiger partial charge in [0.05, 0.1) is 17.7 Å². The molecule has 1 fully saturated rings. The molecule has 0 bridgehead atoms. The minimum Gasteiger partial charge on any atom is -0.488 e. The summed E-state index contributed by atoms with van der Waals surface area (Å²) in [6.45, 7) is 4.72. The van der Waals surface area contributed by atoms with E-state index in [2.05, 4.69) is 4.90 Å². The summed E-state index contributed by atoms with van der Waals surface area (Å²) in [6.07, 6.45) is 0.256. The van der Waals surface area contributed by atoms with Crippen LogP contribution in [0.25, 0.3) is 0 Å². The molecule has 0 amide bonds. The first-order valence-corrected chi connectivity index (χ1v) is 9.88. The molecule has 3 rings (SSSR count). The van der Waals surface area contributed by atoms with Crippen molar-refractivity contribution < 1.29 is 18.7 Å². The van der Waals surface area contributed by atoms with Crippen LogP contribution in [0.1, 0.15) is 29.2 Å². The maximum absolute atomic E-state index is 13.9. The van der Waals surface area contributed by atoms with E-state index in [-0.39, 0.29) is 23.8 Å². The smallest absolute Gasteiger partial charge is 0.222 e. The summed E-state index contributed by atoms with van der Waals surface area (Å²) >= 11 is 11.5. The van der Waals surface area contributed by atoms with Crippen LogP contribution in [0.4, 0.5) is 4.39 Å². The summed E-state index contributed by atoms with van der Waals surface area (Å²) in [5.41, 5.74) is 2.31. The zero-order valence-electron chi connectivity index (χ0n) is 15.6. The van der Waals surface area contributed by atoms with E-state index in [0.717, 1.165) is 17.7 Å². The van der Waals surface area contributed by atoms with Gasteiger partial charge in [-0.2, -0.15) is 0 Å². The van der Waals surface area contributed by atoms with Gasteiger partial charge in [-0.25, -0.2) is 4.39 Å². The van der Waals surface area contributed by atoms with Crippen molar-refractivity contribution in [3.63, 3.8) is 0 Å². The van der Waals surface area contributed by atoms with E-state index in [1.54, 1.807) is 12.1 Å². The number of nitrogens with zero attached hydrogens (tertiary/aromatic N) is 1. The predicted molar refractivity (Wildman–Crippen MR) is 108 cm³/mol. The molecule has 1 unspecified atom stereocenters. The van der Waals surface area contributed by atoms with Crippen molar-refractivity contribution in [2.75, 3.05) is 26.2 Å². The van der Waals surface area contributed by atoms with Gasteiger partial charge in [-0.05, 0) is 53.9 Å². The summed E-state index contributed by atoms with van der Waals surface area (Å²) in [5.74, 6) is 0.288. The molecule has 0 N–H and O–H groups in total. The lowest BCUT2D eigenvalue weighted by Gasteiger charge is -2.33. The first-order chi connectivity index (χ1) is 13.4. The van der Waals surface area contributed by atoms with E-state index >= 15 is 0 Å². The van der Waals surface area contributed by atoms with E-state index in [0.29, 0.717) is 42.5 Å². The highest BCUT2D eigenvalue weighted by Gasteiger charge is 2.22. The number of benzene rings is 2. The Kier molecular flexibility index (Phi) is 7.30. The quantitative estimate of drug-likeness (QED) is 0.591. The molecule has 0 aromatic heterocycles. The summed E-state index contributed by atoms with van der Waals surface area (Å²) in [7, 11) is 0. The fraction of sp³-hybridized carbons (Fsp3) is 0.381. The van der Waals surface area contributed by atoms with E-state index in [4.69, 9.17) is 32.7 Å². The number of hydrogen-bond donors (Lipinski definition) is 0. The molecule has 0 spiro atoms. The third-order valence-electron chi connectivity index (χ3n) is 4.78. The van der Waals surface area contributed by atoms with Crippen LogP contribution in [-0.4, -0.2) is 36.4 Å². The second kappa shape index (κ2) is 9.70. The fourth-order valence-corrected chi connectivity index (χ4v) is 3.51. The second-order valence-corrected chi connectivity index (χ2v) is 7.61. The Balaban J connectivity index is 1.64. The number of rotatable bonds is 7. The van der Waals surface area contributed by atoms with Crippen LogP contribution in [0.2, 0.25) is 5.02 Å². The van der Waals surface area contributed by atoms with Crippen molar-refractivity contribution in [3.8, 4) is 5.75 Å². The monoisotopic (exact) mass is 425 g/mol. The number of carbonyl (C=O) groups excluding carboxylic acids is 1. The van der Waals surface area contributed by atoms with E-state index in [9.17, 15) is 9.18 Å². The number of ether oxygens (including phenoxy) is 2. The Hall–Kier alpha value is -1.66. The van der Waals surface area contributed by atoms with Crippen LogP contribution in [0.15, 0.2) is 36.4 Å². The standard InChI is InChI=1S/C21H22Cl2FNO3/c1-14-11-15(20-12-25(9-10-27-20)8-7-21(23)26)5-6-19(14)28-13-16-17(22)3-2-4-18(16)24/h2-6,11,20H,7-10,12-13H2,1H3. The molecule has 2 aromatic carbocycles. The topological polar surface area (TPSA) is 38.8 Å². The van der Waals surface area contributed by atoms with Crippen molar-refractivity contribution in [1.82, 2.24) is 4.90 Å². The summed E-state index contributed by atoms with van der Waals surface area (Å²) in [5, 5.41) is 0.0238. The maximum atomic E-state index is 13.9. The Bertz CT molecular complexity index is 826. The first kappa shape index (κ1) is 21.1. The van der Waals surface area contributed by atoms with Gasteiger partial charge in [0.2, 0.25) is 5.24 Å². The van der Waals surface area contributed by atoms with Gasteiger partial charge in [0.1, 0.15) is 18.2 Å². The molecule has 1 aliphatic rings. The molecule has 1 aliphatic heterocycles. The van der Waals surface area contributed by atoms with Gasteiger partial charge in [0.25, 0.3) is 0 Å². The normalized spacial score (nSPS) is 17.5. The summed E-state index contributed by atoms with van der Waals surface area (Å²) in [6, 6.07) is 10.4. The lowest BCUT2D eigenvalue weighted by molar-refractivity contribution is -0.112. The van der Waals surface area contributed by atoms with Crippen LogP contribution < -0.4 is 4.74 Å². The Morgan fingerprint density at radius 3 is 2.89 bits per heavy atom. The third kappa shape index (κ3) is 5.45. The maximum Gasteiger partial charge on any atom is 0.222 e. The van der Waals surface area contributed by atoms with Crippen LogP contribution in [0.5, 0.6) is 5.75 Å². The second-order valence-electron chi connectivity index (χ2n) is 6.78. The zero-order chi connectivity index (χ0) is 20.1. The molecule has 1 saturated heterocycles. The molecule has 2 aromatic rings. The highest BCUT2D eigenvalue weighted by molar-refractivity contribution is 6.63. The van der Waals surface area contributed by atoms with E-state index in [1.165, 1.54) is 6.07 Å². The summed E-state index contributed by atoms with van der Waals surface area (Å²) < 4.78 is 25.6. The number of carbonyl (C=O) groups is 1. The number of hydrogen-bond acceptors (Lipinski definition) is 4. The third-order valence-corrected chi connectivity index (χ3v) is 5.32. The summed E-state index contributed by atoms with van der Waals surface area (Å²) in [4.78, 5) is 13.2. The highest BCUT2D eigenvalue weighted by Crippen LogP contribution is 2.29. The minimum atomic E-state index is -0.382. The lowest BCUT2D eigenvalue weighted by atomic mass is 10.0. The van der Waals surface area contributed by atoms with Crippen molar-refractivity contribution >= 4 is 28.4 Å². The minimum absolute atomic E-state index is 0.0614. The van der Waals surface area contributed by atoms with E-state index in [1.807, 2.05) is 25.1 Å². The molecule has 0 radical (unpaired) electrons. The largest absolute Gasteiger partial charge is 0.488 e. The Morgan fingerprint density at radius 1 is 1.36 bits per heavy atom. The van der Waals surface area contributed by atoms with Crippen molar-refractivity contribution in [1.29, 1.82) is 0 Å². The first-order valence-electron chi connectivity index (χ1n) is 9.12. The molecule has 0 aliphatic carbocycles. The molecular formula is C21H22Cl2FNO3. The van der Waals surface area contributed by atoms with Gasteiger partial charge in [-0.1, -0.05) is 23.7 Å². The average molecular weight is 426 g/mol. The number of halogens is 3. The highest BCUT2D eigenvalue weighted by atomic mass is 35.5. The van der Waals surface area contributed by atoms with Gasteiger partial charge >= 0.3 is 0 Å².